The molecule has 3 heterocycles. The molecule has 3 rings (SSSR count). The summed E-state index contributed by atoms with van der Waals surface area (Å²) in [5, 5.41) is 12.2. The zero-order valence-electron chi connectivity index (χ0n) is 11.8. The minimum absolute atomic E-state index is 0.106. The topological polar surface area (TPSA) is 75.9 Å². The second kappa shape index (κ2) is 5.83. The fourth-order valence-electron chi connectivity index (χ4n) is 2.77. The van der Waals surface area contributed by atoms with Crippen LogP contribution in [0.15, 0.2) is 30.6 Å². The third-order valence-corrected chi connectivity index (χ3v) is 4.10. The fourth-order valence-corrected chi connectivity index (χ4v) is 2.77. The molecule has 0 radical (unpaired) electrons. The van der Waals surface area contributed by atoms with Crippen molar-refractivity contribution >= 4 is 11.6 Å². The van der Waals surface area contributed by atoms with Crippen LogP contribution in [0.2, 0.25) is 0 Å². The van der Waals surface area contributed by atoms with E-state index in [0.29, 0.717) is 31.9 Å². The highest BCUT2D eigenvalue weighted by molar-refractivity contribution is 5.93. The number of amides is 1. The zero-order valence-corrected chi connectivity index (χ0v) is 11.8. The van der Waals surface area contributed by atoms with Crippen molar-refractivity contribution in [1.82, 2.24) is 14.7 Å². The number of aliphatic hydroxyl groups excluding tert-OH is 1. The summed E-state index contributed by atoms with van der Waals surface area (Å²) in [5.41, 5.74) is 1.12. The first-order chi connectivity index (χ1) is 10.2. The van der Waals surface area contributed by atoms with Crippen molar-refractivity contribution in [2.24, 2.45) is 5.41 Å². The zero-order chi connectivity index (χ0) is 14.7. The molecule has 2 N–H and O–H groups in total. The van der Waals surface area contributed by atoms with E-state index in [9.17, 15) is 9.90 Å². The molecule has 2 aromatic rings. The van der Waals surface area contributed by atoms with Crippen molar-refractivity contribution in [1.29, 1.82) is 0 Å². The van der Waals surface area contributed by atoms with E-state index < -0.39 is 0 Å². The minimum atomic E-state index is -0.155. The average molecular weight is 289 g/mol. The molecule has 0 bridgehead atoms. The van der Waals surface area contributed by atoms with Gasteiger partial charge in [-0.3, -0.25) is 9.20 Å². The number of nitrogens with zero attached hydrogens (tertiary/aromatic N) is 2. The Kier molecular flexibility index (Phi) is 3.90. The van der Waals surface area contributed by atoms with Crippen molar-refractivity contribution in [2.45, 2.75) is 12.8 Å². The first-order valence-electron chi connectivity index (χ1n) is 7.13. The minimum Gasteiger partial charge on any atom is -0.396 e. The van der Waals surface area contributed by atoms with Gasteiger partial charge in [-0.25, -0.2) is 4.98 Å². The van der Waals surface area contributed by atoms with Crippen LogP contribution in [0.1, 0.15) is 23.3 Å². The Bertz CT molecular complexity index is 632. The van der Waals surface area contributed by atoms with E-state index in [1.54, 1.807) is 10.6 Å². The summed E-state index contributed by atoms with van der Waals surface area (Å²) < 4.78 is 7.19. The molecule has 6 heteroatoms. The Hall–Kier alpha value is -1.92. The molecule has 0 aromatic carbocycles. The number of aromatic nitrogens is 2. The molecular formula is C15H19N3O3. The van der Waals surface area contributed by atoms with Gasteiger partial charge in [-0.15, -0.1) is 0 Å². The first kappa shape index (κ1) is 14.0. The predicted molar refractivity (Wildman–Crippen MR) is 77.1 cm³/mol. The lowest BCUT2D eigenvalue weighted by Gasteiger charge is -2.26. The molecule has 0 saturated carbocycles. The van der Waals surface area contributed by atoms with Crippen LogP contribution >= 0.6 is 0 Å². The summed E-state index contributed by atoms with van der Waals surface area (Å²) in [6, 6.07) is 5.61. The summed E-state index contributed by atoms with van der Waals surface area (Å²) >= 11 is 0. The van der Waals surface area contributed by atoms with E-state index in [1.165, 1.54) is 0 Å². The van der Waals surface area contributed by atoms with Gasteiger partial charge in [-0.05, 0) is 25.0 Å². The van der Waals surface area contributed by atoms with E-state index in [0.717, 1.165) is 12.1 Å². The number of aliphatic hydroxyl groups is 1. The summed E-state index contributed by atoms with van der Waals surface area (Å²) in [4.78, 5) is 16.6. The molecule has 0 spiro atoms. The third-order valence-electron chi connectivity index (χ3n) is 4.10. The Morgan fingerprint density at radius 2 is 2.43 bits per heavy atom. The number of nitrogens with one attached hydrogen (secondary N) is 1. The van der Waals surface area contributed by atoms with Crippen LogP contribution in [0.5, 0.6) is 0 Å². The second-order valence-corrected chi connectivity index (χ2v) is 5.53. The maximum absolute atomic E-state index is 12.3. The summed E-state index contributed by atoms with van der Waals surface area (Å²) in [7, 11) is 0. The van der Waals surface area contributed by atoms with Gasteiger partial charge >= 0.3 is 0 Å². The molecule has 1 atom stereocenters. The molecule has 6 nitrogen and oxygen atoms in total. The first-order valence-corrected chi connectivity index (χ1v) is 7.13. The highest BCUT2D eigenvalue weighted by Crippen LogP contribution is 2.31. The van der Waals surface area contributed by atoms with Gasteiger partial charge in [-0.2, -0.15) is 0 Å². The summed E-state index contributed by atoms with van der Waals surface area (Å²) in [6.07, 6.45) is 4.90. The van der Waals surface area contributed by atoms with Gasteiger partial charge in [-0.1, -0.05) is 6.07 Å². The number of fused-ring (bicyclic) bond motifs is 1. The SMILES string of the molecule is O=C(NCC1(CCO)CCOC1)c1cnc2ccccn12. The summed E-state index contributed by atoms with van der Waals surface area (Å²) in [6.45, 7) is 1.88. The number of hydrogen-bond acceptors (Lipinski definition) is 4. The molecular weight excluding hydrogens is 270 g/mol. The van der Waals surface area contributed by atoms with Gasteiger partial charge in [0.05, 0.1) is 12.8 Å². The standard InChI is InChI=1S/C15H19N3O3/c19-7-4-15(5-8-21-11-15)10-17-14(20)12-9-16-13-3-1-2-6-18(12)13/h1-3,6,9,19H,4-5,7-8,10-11H2,(H,17,20). The molecule has 1 aliphatic heterocycles. The lowest BCUT2D eigenvalue weighted by molar-refractivity contribution is 0.0884. The van der Waals surface area contributed by atoms with Crippen LogP contribution in [-0.4, -0.2) is 46.8 Å². The van der Waals surface area contributed by atoms with Gasteiger partial charge in [0.15, 0.2) is 0 Å². The Morgan fingerprint density at radius 3 is 3.19 bits per heavy atom. The van der Waals surface area contributed by atoms with Crippen LogP contribution in [0.25, 0.3) is 5.65 Å². The van der Waals surface area contributed by atoms with Gasteiger partial charge in [0.2, 0.25) is 0 Å². The number of pyridine rings is 1. The van der Waals surface area contributed by atoms with Crippen LogP contribution in [0.4, 0.5) is 0 Å². The Balaban J connectivity index is 1.71. The molecule has 1 aliphatic rings. The highest BCUT2D eigenvalue weighted by atomic mass is 16.5. The molecule has 1 fully saturated rings. The number of ether oxygens (including phenoxy) is 1. The van der Waals surface area contributed by atoms with E-state index >= 15 is 0 Å². The number of rotatable bonds is 5. The van der Waals surface area contributed by atoms with E-state index in [-0.39, 0.29) is 17.9 Å². The van der Waals surface area contributed by atoms with Gasteiger partial charge in [0.1, 0.15) is 11.3 Å². The molecule has 21 heavy (non-hydrogen) atoms. The van der Waals surface area contributed by atoms with Gasteiger partial charge in [0, 0.05) is 31.4 Å². The normalized spacial score (nSPS) is 21.8. The number of imidazole rings is 1. The molecule has 1 unspecified atom stereocenters. The monoisotopic (exact) mass is 289 g/mol. The lowest BCUT2D eigenvalue weighted by atomic mass is 9.84. The maximum Gasteiger partial charge on any atom is 0.269 e. The maximum atomic E-state index is 12.3. The van der Waals surface area contributed by atoms with E-state index in [1.807, 2.05) is 24.4 Å². The second-order valence-electron chi connectivity index (χ2n) is 5.53. The molecule has 1 amide bonds. The number of carbonyl (C=O) groups is 1. The summed E-state index contributed by atoms with van der Waals surface area (Å²) in [5.74, 6) is -0.155. The predicted octanol–water partition coefficient (Wildman–Crippen LogP) is 0.853. The van der Waals surface area contributed by atoms with Crippen molar-refractivity contribution in [3.05, 3.63) is 36.3 Å². The molecule has 1 saturated heterocycles. The molecule has 0 aliphatic carbocycles. The van der Waals surface area contributed by atoms with Gasteiger partial charge in [0.25, 0.3) is 5.91 Å². The van der Waals surface area contributed by atoms with Crippen molar-refractivity contribution in [3.8, 4) is 0 Å². The van der Waals surface area contributed by atoms with Gasteiger partial charge < -0.3 is 15.2 Å². The fraction of sp³-hybridized carbons (Fsp3) is 0.467. The number of carbonyl (C=O) groups excluding carboxylic acids is 1. The number of hydrogen-bond donors (Lipinski definition) is 2. The smallest absolute Gasteiger partial charge is 0.269 e. The molecule has 2 aromatic heterocycles. The van der Waals surface area contributed by atoms with Crippen molar-refractivity contribution < 1.29 is 14.6 Å². The van der Waals surface area contributed by atoms with Crippen LogP contribution in [0.3, 0.4) is 0 Å². The van der Waals surface area contributed by atoms with E-state index in [2.05, 4.69) is 10.3 Å². The third kappa shape index (κ3) is 2.77. The van der Waals surface area contributed by atoms with Crippen molar-refractivity contribution in [2.75, 3.05) is 26.4 Å². The Labute approximate surface area is 122 Å². The van der Waals surface area contributed by atoms with Crippen molar-refractivity contribution in [3.63, 3.8) is 0 Å². The average Bonchev–Trinajstić information content (AvgIpc) is 3.12. The lowest BCUT2D eigenvalue weighted by Crippen LogP contribution is -2.39. The van der Waals surface area contributed by atoms with Crippen LogP contribution in [-0.2, 0) is 4.74 Å². The molecule has 112 valence electrons. The Morgan fingerprint density at radius 1 is 1.52 bits per heavy atom. The van der Waals surface area contributed by atoms with Crippen LogP contribution in [0, 0.1) is 5.41 Å². The van der Waals surface area contributed by atoms with Crippen LogP contribution < -0.4 is 5.32 Å². The van der Waals surface area contributed by atoms with E-state index in [4.69, 9.17) is 4.74 Å². The quantitative estimate of drug-likeness (QED) is 0.856. The highest BCUT2D eigenvalue weighted by Gasteiger charge is 2.34. The largest absolute Gasteiger partial charge is 0.396 e.